The van der Waals surface area contributed by atoms with Gasteiger partial charge in [-0.1, -0.05) is 0 Å². The predicted molar refractivity (Wildman–Crippen MR) is 101 cm³/mol. The highest BCUT2D eigenvalue weighted by Crippen LogP contribution is 2.37. The molecule has 0 aliphatic heterocycles. The van der Waals surface area contributed by atoms with E-state index in [9.17, 15) is 0 Å². The van der Waals surface area contributed by atoms with Gasteiger partial charge in [-0.25, -0.2) is 15.0 Å². The van der Waals surface area contributed by atoms with Crippen molar-refractivity contribution in [3.05, 3.63) is 54.6 Å². The van der Waals surface area contributed by atoms with Crippen molar-refractivity contribution in [2.24, 2.45) is 7.05 Å². The highest BCUT2D eigenvalue weighted by atomic mass is 16.5. The van der Waals surface area contributed by atoms with Crippen molar-refractivity contribution in [2.75, 3.05) is 0 Å². The molecule has 1 aliphatic carbocycles. The normalized spacial score (nSPS) is 19.6. The number of aromatic amines is 1. The van der Waals surface area contributed by atoms with Crippen LogP contribution in [0.25, 0.3) is 22.4 Å². The molecule has 4 heterocycles. The Morgan fingerprint density at radius 2 is 2.00 bits per heavy atom. The Morgan fingerprint density at radius 3 is 2.81 bits per heavy atom. The van der Waals surface area contributed by atoms with Crippen LogP contribution in [-0.2, 0) is 7.05 Å². The third-order valence-corrected chi connectivity index (χ3v) is 5.26. The number of nitrogens with zero attached hydrogens (tertiary/aromatic N) is 5. The Kier molecular flexibility index (Phi) is 3.85. The fourth-order valence-corrected chi connectivity index (χ4v) is 3.88. The molecule has 2 atom stereocenters. The quantitative estimate of drug-likeness (QED) is 0.603. The summed E-state index contributed by atoms with van der Waals surface area (Å²) in [5, 5.41) is 5.36. The van der Waals surface area contributed by atoms with Crippen LogP contribution >= 0.6 is 0 Å². The van der Waals surface area contributed by atoms with E-state index in [1.165, 1.54) is 5.56 Å². The van der Waals surface area contributed by atoms with Crippen LogP contribution in [0.5, 0.6) is 6.01 Å². The fraction of sp³-hybridized carbons (Fsp3) is 0.300. The van der Waals surface area contributed by atoms with Crippen molar-refractivity contribution in [3.8, 4) is 17.4 Å². The van der Waals surface area contributed by atoms with Crippen LogP contribution in [0.4, 0.5) is 0 Å². The highest BCUT2D eigenvalue weighted by molar-refractivity contribution is 5.82. The van der Waals surface area contributed by atoms with Crippen LogP contribution in [0.1, 0.15) is 30.7 Å². The molecule has 27 heavy (non-hydrogen) atoms. The van der Waals surface area contributed by atoms with Crippen molar-refractivity contribution < 1.29 is 4.74 Å². The zero-order valence-corrected chi connectivity index (χ0v) is 15.0. The van der Waals surface area contributed by atoms with Crippen LogP contribution in [0, 0.1) is 0 Å². The van der Waals surface area contributed by atoms with Crippen LogP contribution < -0.4 is 4.74 Å². The summed E-state index contributed by atoms with van der Waals surface area (Å²) in [5.74, 6) is 0.450. The number of aryl methyl sites for hydroxylation is 1. The summed E-state index contributed by atoms with van der Waals surface area (Å²) in [5.41, 5.74) is 4.24. The molecule has 5 rings (SSSR count). The molecule has 4 aromatic heterocycles. The van der Waals surface area contributed by atoms with Crippen molar-refractivity contribution in [1.29, 1.82) is 0 Å². The smallest absolute Gasteiger partial charge is 0.316 e. The van der Waals surface area contributed by atoms with Crippen molar-refractivity contribution in [3.63, 3.8) is 0 Å². The lowest BCUT2D eigenvalue weighted by molar-refractivity contribution is 0.190. The number of hydrogen-bond acceptors (Lipinski definition) is 5. The summed E-state index contributed by atoms with van der Waals surface area (Å²) in [6, 6.07) is 8.63. The minimum Gasteiger partial charge on any atom is -0.460 e. The van der Waals surface area contributed by atoms with Gasteiger partial charge in [0.25, 0.3) is 0 Å². The molecule has 0 unspecified atom stereocenters. The Morgan fingerprint density at radius 1 is 1.11 bits per heavy atom. The molecule has 136 valence electrons. The first-order chi connectivity index (χ1) is 13.3. The number of H-pyrrole nitrogens is 1. The number of ether oxygens (including phenoxy) is 1. The molecule has 1 aliphatic rings. The average molecular weight is 360 g/mol. The van der Waals surface area contributed by atoms with Gasteiger partial charge < -0.3 is 9.72 Å². The number of nitrogens with one attached hydrogen (secondary N) is 1. The monoisotopic (exact) mass is 360 g/mol. The second-order valence-electron chi connectivity index (χ2n) is 7.01. The lowest BCUT2D eigenvalue weighted by Crippen LogP contribution is -2.13. The minimum atomic E-state index is 0.157. The maximum atomic E-state index is 5.92. The average Bonchev–Trinajstić information content (AvgIpc) is 3.41. The van der Waals surface area contributed by atoms with E-state index in [0.29, 0.717) is 11.9 Å². The Bertz CT molecular complexity index is 1070. The SMILES string of the molecule is Cn1nccc1-c1cc2cc([C@H]3CC[C@@H](Oc4ncccn4)C3)cnc2[nH]1. The Balaban J connectivity index is 1.35. The van der Waals surface area contributed by atoms with Crippen LogP contribution in [0.2, 0.25) is 0 Å². The van der Waals surface area contributed by atoms with Crippen molar-refractivity contribution in [2.45, 2.75) is 31.3 Å². The maximum Gasteiger partial charge on any atom is 0.316 e. The lowest BCUT2D eigenvalue weighted by atomic mass is 9.99. The van der Waals surface area contributed by atoms with Gasteiger partial charge in [-0.3, -0.25) is 4.68 Å². The van der Waals surface area contributed by atoms with Crippen molar-refractivity contribution in [1.82, 2.24) is 29.7 Å². The molecule has 1 N–H and O–H groups in total. The largest absolute Gasteiger partial charge is 0.460 e. The third-order valence-electron chi connectivity index (χ3n) is 5.26. The van der Waals surface area contributed by atoms with Crippen LogP contribution in [0.3, 0.4) is 0 Å². The summed E-state index contributed by atoms with van der Waals surface area (Å²) >= 11 is 0. The van der Waals surface area contributed by atoms with Gasteiger partial charge in [0.1, 0.15) is 11.8 Å². The van der Waals surface area contributed by atoms with E-state index in [4.69, 9.17) is 4.74 Å². The molecule has 0 radical (unpaired) electrons. The van der Waals surface area contributed by atoms with Gasteiger partial charge in [0, 0.05) is 37.2 Å². The van der Waals surface area contributed by atoms with Crippen LogP contribution in [-0.4, -0.2) is 35.8 Å². The Hall–Kier alpha value is -3.22. The van der Waals surface area contributed by atoms with E-state index in [1.54, 1.807) is 24.7 Å². The van der Waals surface area contributed by atoms with E-state index in [0.717, 1.165) is 41.7 Å². The first-order valence-electron chi connectivity index (χ1n) is 9.17. The summed E-state index contributed by atoms with van der Waals surface area (Å²) in [7, 11) is 1.94. The third kappa shape index (κ3) is 3.05. The second kappa shape index (κ2) is 6.50. The zero-order valence-electron chi connectivity index (χ0n) is 15.0. The van der Waals surface area contributed by atoms with Gasteiger partial charge in [-0.15, -0.1) is 0 Å². The molecular weight excluding hydrogens is 340 g/mol. The van der Waals surface area contributed by atoms with Gasteiger partial charge in [-0.05, 0) is 55.0 Å². The van der Waals surface area contributed by atoms with Gasteiger partial charge in [0.2, 0.25) is 0 Å². The topological polar surface area (TPSA) is 81.5 Å². The number of hydrogen-bond donors (Lipinski definition) is 1. The van der Waals surface area contributed by atoms with Gasteiger partial charge in [0.15, 0.2) is 0 Å². The first-order valence-corrected chi connectivity index (χ1v) is 9.17. The first kappa shape index (κ1) is 16.0. The fourth-order valence-electron chi connectivity index (χ4n) is 3.88. The molecule has 7 nitrogen and oxygen atoms in total. The van der Waals surface area contributed by atoms with Gasteiger partial charge >= 0.3 is 6.01 Å². The van der Waals surface area contributed by atoms with Crippen molar-refractivity contribution >= 4 is 11.0 Å². The number of aromatic nitrogens is 6. The van der Waals surface area contributed by atoms with E-state index >= 15 is 0 Å². The molecule has 0 saturated heterocycles. The summed E-state index contributed by atoms with van der Waals surface area (Å²) in [4.78, 5) is 16.3. The molecule has 0 aromatic carbocycles. The Labute approximate surface area is 156 Å². The number of pyridine rings is 1. The summed E-state index contributed by atoms with van der Waals surface area (Å²) in [6.45, 7) is 0. The molecule has 4 aromatic rings. The second-order valence-corrected chi connectivity index (χ2v) is 7.01. The minimum absolute atomic E-state index is 0.157. The molecule has 1 fully saturated rings. The molecule has 7 heteroatoms. The standard InChI is InChI=1S/C20H20N6O/c1-26-18(5-8-24-26)17-11-14-9-15(12-23-19(14)25-17)13-3-4-16(10-13)27-20-21-6-2-7-22-20/h2,5-9,11-13,16H,3-4,10H2,1H3,(H,23,25)/t13-,16+/m0/s1. The molecule has 1 saturated carbocycles. The zero-order chi connectivity index (χ0) is 18.2. The van der Waals surface area contributed by atoms with Gasteiger partial charge in [-0.2, -0.15) is 5.10 Å². The van der Waals surface area contributed by atoms with E-state index < -0.39 is 0 Å². The molecule has 0 bridgehead atoms. The van der Waals surface area contributed by atoms with E-state index in [-0.39, 0.29) is 6.10 Å². The van der Waals surface area contributed by atoms with Crippen LogP contribution in [0.15, 0.2) is 49.1 Å². The highest BCUT2D eigenvalue weighted by Gasteiger charge is 2.28. The molecule has 0 spiro atoms. The summed E-state index contributed by atoms with van der Waals surface area (Å²) < 4.78 is 7.78. The summed E-state index contributed by atoms with van der Waals surface area (Å²) in [6.07, 6.45) is 10.4. The number of fused-ring (bicyclic) bond motifs is 1. The number of rotatable bonds is 4. The molecular formula is C20H20N6O. The van der Waals surface area contributed by atoms with Gasteiger partial charge in [0.05, 0.1) is 11.4 Å². The lowest BCUT2D eigenvalue weighted by Gasteiger charge is -2.12. The molecule has 0 amide bonds. The maximum absolute atomic E-state index is 5.92. The predicted octanol–water partition coefficient (Wildman–Crippen LogP) is 3.47. The van der Waals surface area contributed by atoms with E-state index in [2.05, 4.69) is 37.2 Å². The van der Waals surface area contributed by atoms with E-state index in [1.807, 2.05) is 24.0 Å².